The van der Waals surface area contributed by atoms with Crippen LogP contribution in [0.4, 0.5) is 0 Å². The van der Waals surface area contributed by atoms with Gasteiger partial charge in [0, 0.05) is 15.6 Å². The van der Waals surface area contributed by atoms with Gasteiger partial charge in [0.2, 0.25) is 0 Å². The van der Waals surface area contributed by atoms with Crippen LogP contribution in [0.1, 0.15) is 36.0 Å². The van der Waals surface area contributed by atoms with E-state index >= 15 is 0 Å². The van der Waals surface area contributed by atoms with Crippen molar-refractivity contribution in [2.24, 2.45) is 0 Å². The predicted molar refractivity (Wildman–Crippen MR) is 129 cm³/mol. The van der Waals surface area contributed by atoms with Gasteiger partial charge in [-0.15, -0.1) is 17.3 Å². The molecule has 0 fully saturated rings. The molecule has 1 aromatic heterocycles. The molecule has 152 valence electrons. The van der Waals surface area contributed by atoms with Crippen LogP contribution in [0.5, 0.6) is 5.75 Å². The molecule has 2 nitrogen and oxygen atoms in total. The molecule has 0 saturated heterocycles. The Labute approximate surface area is 187 Å². The highest BCUT2D eigenvalue weighted by Gasteiger charge is 2.10. The summed E-state index contributed by atoms with van der Waals surface area (Å²) < 4.78 is 7.33. The molecule has 1 atom stereocenters. The number of rotatable bonds is 6. The third-order valence-electron chi connectivity index (χ3n) is 5.38. The Bertz CT molecular complexity index is 1300. The average Bonchev–Trinajstić information content (AvgIpc) is 3.21. The minimum atomic E-state index is -0.0510. The van der Waals surface area contributed by atoms with Gasteiger partial charge in [-0.2, -0.15) is 5.26 Å². The molecule has 0 radical (unpaired) electrons. The highest BCUT2D eigenvalue weighted by atomic mass is 32.1. The van der Waals surface area contributed by atoms with Gasteiger partial charge in [-0.1, -0.05) is 48.4 Å². The Morgan fingerprint density at radius 1 is 1.00 bits per heavy atom. The molecule has 1 heterocycles. The summed E-state index contributed by atoms with van der Waals surface area (Å²) in [7, 11) is 0. The number of fused-ring (bicyclic) bond motifs is 1. The Morgan fingerprint density at radius 3 is 2.55 bits per heavy atom. The molecule has 0 saturated carbocycles. The van der Waals surface area contributed by atoms with Gasteiger partial charge >= 0.3 is 0 Å². The molecule has 0 aliphatic heterocycles. The van der Waals surface area contributed by atoms with E-state index in [2.05, 4.69) is 72.7 Å². The summed E-state index contributed by atoms with van der Waals surface area (Å²) >= 11 is 1.78. The predicted octanol–water partition coefficient (Wildman–Crippen LogP) is 7.48. The van der Waals surface area contributed by atoms with Gasteiger partial charge in [-0.25, -0.2) is 0 Å². The molecule has 1 unspecified atom stereocenters. The van der Waals surface area contributed by atoms with E-state index in [0.29, 0.717) is 13.0 Å². The van der Waals surface area contributed by atoms with Crippen LogP contribution in [-0.2, 0) is 6.61 Å². The lowest BCUT2D eigenvalue weighted by Gasteiger charge is -2.10. The largest absolute Gasteiger partial charge is 0.489 e. The number of hydrogen-bond donors (Lipinski definition) is 0. The molecule has 3 heteroatoms. The molecule has 0 N–H and O–H groups in total. The van der Waals surface area contributed by atoms with Crippen LogP contribution >= 0.6 is 11.3 Å². The third-order valence-corrected chi connectivity index (χ3v) is 6.34. The first kappa shape index (κ1) is 20.7. The Hall–Kier alpha value is -3.53. The minimum absolute atomic E-state index is 0.0510. The second kappa shape index (κ2) is 9.52. The Balaban J connectivity index is 1.52. The zero-order valence-corrected chi connectivity index (χ0v) is 18.5. The van der Waals surface area contributed by atoms with Crippen LogP contribution in [-0.4, -0.2) is 0 Å². The first-order chi connectivity index (χ1) is 15.2. The van der Waals surface area contributed by atoms with E-state index in [4.69, 9.17) is 10.00 Å². The smallest absolute Gasteiger partial charge is 0.119 e. The highest BCUT2D eigenvalue weighted by molar-refractivity contribution is 7.17. The first-order valence-electron chi connectivity index (χ1n) is 10.3. The second-order valence-corrected chi connectivity index (χ2v) is 8.37. The summed E-state index contributed by atoms with van der Waals surface area (Å²) in [5, 5.41) is 12.5. The van der Waals surface area contributed by atoms with E-state index in [1.54, 1.807) is 18.3 Å². The summed E-state index contributed by atoms with van der Waals surface area (Å²) in [4.78, 5) is 0. The lowest BCUT2D eigenvalue weighted by molar-refractivity contribution is 0.306. The number of thiophene rings is 1. The van der Waals surface area contributed by atoms with Gasteiger partial charge in [-0.05, 0) is 65.7 Å². The normalized spacial score (nSPS) is 11.4. The maximum Gasteiger partial charge on any atom is 0.119 e. The minimum Gasteiger partial charge on any atom is -0.489 e. The van der Waals surface area contributed by atoms with Gasteiger partial charge < -0.3 is 4.74 Å². The standard InChI is InChI=1S/C28H23NOS/c1-3-6-22(15-16-29)23-10-12-24(13-11-23)30-18-21-9-14-28-26(17-21)27(19-31-28)25-8-5-4-7-20(25)2/h4-5,7-14,17,19,22H,15,18H2,1-2H3. The topological polar surface area (TPSA) is 33.0 Å². The molecule has 4 aromatic rings. The van der Waals surface area contributed by atoms with Gasteiger partial charge in [0.25, 0.3) is 0 Å². The van der Waals surface area contributed by atoms with Crippen molar-refractivity contribution in [3.8, 4) is 34.8 Å². The van der Waals surface area contributed by atoms with Crippen molar-refractivity contribution >= 4 is 21.4 Å². The zero-order chi connectivity index (χ0) is 21.6. The molecule has 31 heavy (non-hydrogen) atoms. The van der Waals surface area contributed by atoms with Crippen molar-refractivity contribution in [3.63, 3.8) is 0 Å². The molecular formula is C28H23NOS. The molecule has 0 spiro atoms. The fourth-order valence-electron chi connectivity index (χ4n) is 3.73. The fourth-order valence-corrected chi connectivity index (χ4v) is 4.67. The number of aryl methyl sites for hydroxylation is 1. The monoisotopic (exact) mass is 421 g/mol. The van der Waals surface area contributed by atoms with Crippen molar-refractivity contribution in [1.29, 1.82) is 5.26 Å². The fraction of sp³-hybridized carbons (Fsp3) is 0.179. The van der Waals surface area contributed by atoms with Crippen LogP contribution in [0.2, 0.25) is 0 Å². The van der Waals surface area contributed by atoms with Gasteiger partial charge in [0.1, 0.15) is 12.4 Å². The van der Waals surface area contributed by atoms with Crippen LogP contribution in [0.3, 0.4) is 0 Å². The van der Waals surface area contributed by atoms with E-state index in [-0.39, 0.29) is 5.92 Å². The molecule has 0 aliphatic rings. The molecule has 0 bridgehead atoms. The molecule has 0 aliphatic carbocycles. The second-order valence-electron chi connectivity index (χ2n) is 7.46. The SMILES string of the molecule is CC#CC(CC#N)c1ccc(OCc2ccc3scc(-c4ccccc4C)c3c2)cc1. The summed E-state index contributed by atoms with van der Waals surface area (Å²) in [6.45, 7) is 4.47. The van der Waals surface area contributed by atoms with E-state index < -0.39 is 0 Å². The van der Waals surface area contributed by atoms with Crippen molar-refractivity contribution in [1.82, 2.24) is 0 Å². The van der Waals surface area contributed by atoms with E-state index in [0.717, 1.165) is 16.9 Å². The van der Waals surface area contributed by atoms with Crippen molar-refractivity contribution in [3.05, 3.63) is 88.8 Å². The van der Waals surface area contributed by atoms with Crippen molar-refractivity contribution in [2.75, 3.05) is 0 Å². The highest BCUT2D eigenvalue weighted by Crippen LogP contribution is 2.36. The zero-order valence-electron chi connectivity index (χ0n) is 17.7. The Kier molecular flexibility index (Phi) is 6.37. The lowest BCUT2D eigenvalue weighted by atomic mass is 9.97. The summed E-state index contributed by atoms with van der Waals surface area (Å²) in [5.74, 6) is 6.78. The van der Waals surface area contributed by atoms with Gasteiger partial charge in [0.05, 0.1) is 18.4 Å². The maximum atomic E-state index is 9.01. The number of nitriles is 1. The average molecular weight is 422 g/mol. The van der Waals surface area contributed by atoms with Crippen molar-refractivity contribution < 1.29 is 4.74 Å². The van der Waals surface area contributed by atoms with E-state index in [9.17, 15) is 0 Å². The van der Waals surface area contributed by atoms with E-state index in [1.807, 2.05) is 24.3 Å². The van der Waals surface area contributed by atoms with Gasteiger partial charge in [0.15, 0.2) is 0 Å². The van der Waals surface area contributed by atoms with Crippen molar-refractivity contribution in [2.45, 2.75) is 32.8 Å². The number of ether oxygens (including phenoxy) is 1. The van der Waals surface area contributed by atoms with Crippen LogP contribution in [0.25, 0.3) is 21.2 Å². The quantitative estimate of drug-likeness (QED) is 0.302. The third kappa shape index (κ3) is 4.64. The summed E-state index contributed by atoms with van der Waals surface area (Å²) in [6, 6.07) is 25.2. The lowest BCUT2D eigenvalue weighted by Crippen LogP contribution is -1.97. The molecular weight excluding hydrogens is 398 g/mol. The number of nitrogens with zero attached hydrogens (tertiary/aromatic N) is 1. The Morgan fingerprint density at radius 2 is 1.81 bits per heavy atom. The molecule has 3 aromatic carbocycles. The molecule has 4 rings (SSSR count). The van der Waals surface area contributed by atoms with E-state index in [1.165, 1.54) is 26.8 Å². The van der Waals surface area contributed by atoms with Gasteiger partial charge in [-0.3, -0.25) is 0 Å². The summed E-state index contributed by atoms with van der Waals surface area (Å²) in [5.41, 5.74) is 6.04. The van der Waals surface area contributed by atoms with Crippen LogP contribution < -0.4 is 4.74 Å². The maximum absolute atomic E-state index is 9.01. The number of benzene rings is 3. The summed E-state index contributed by atoms with van der Waals surface area (Å²) in [6.07, 6.45) is 0.394. The number of hydrogen-bond acceptors (Lipinski definition) is 3. The first-order valence-corrected chi connectivity index (χ1v) is 11.2. The van der Waals surface area contributed by atoms with Crippen LogP contribution in [0, 0.1) is 30.1 Å². The van der Waals surface area contributed by atoms with Crippen LogP contribution in [0.15, 0.2) is 72.1 Å². The molecule has 0 amide bonds.